The van der Waals surface area contributed by atoms with Crippen LogP contribution in [0.4, 0.5) is 5.69 Å². The Kier molecular flexibility index (Phi) is 7.67. The second-order valence-electron chi connectivity index (χ2n) is 8.35. The van der Waals surface area contributed by atoms with Crippen molar-refractivity contribution < 1.29 is 9.59 Å². The van der Waals surface area contributed by atoms with E-state index >= 15 is 0 Å². The van der Waals surface area contributed by atoms with Crippen LogP contribution in [0.5, 0.6) is 0 Å². The predicted molar refractivity (Wildman–Crippen MR) is 128 cm³/mol. The molecular weight excluding hydrogens is 384 g/mol. The fourth-order valence-corrected chi connectivity index (χ4v) is 4.21. The minimum atomic E-state index is -0.592. The maximum absolute atomic E-state index is 12.9. The van der Waals surface area contributed by atoms with Crippen LogP contribution < -0.4 is 10.2 Å². The third-order valence-electron chi connectivity index (χ3n) is 6.06. The molecule has 4 nitrogen and oxygen atoms in total. The predicted octanol–water partition coefficient (Wildman–Crippen LogP) is 5.22. The number of aryl methyl sites for hydroxylation is 3. The molecule has 31 heavy (non-hydrogen) atoms. The van der Waals surface area contributed by atoms with Gasteiger partial charge in [-0.3, -0.25) is 9.59 Å². The van der Waals surface area contributed by atoms with Gasteiger partial charge >= 0.3 is 0 Å². The first-order chi connectivity index (χ1) is 14.9. The summed E-state index contributed by atoms with van der Waals surface area (Å²) in [7, 11) is 0. The Morgan fingerprint density at radius 1 is 1.13 bits per heavy atom. The Morgan fingerprint density at radius 3 is 2.55 bits per heavy atom. The molecule has 2 aromatic carbocycles. The molecule has 4 heteroatoms. The van der Waals surface area contributed by atoms with Gasteiger partial charge in [0.2, 0.25) is 11.8 Å². The standard InChI is InChI=1S/C27H34N2O2/c1-5-7-22(25-18-19(3)8-9-20(25)4)14-16-28-26(30)24-15-17-29(27(24)31)23-12-10-21(6-2)11-13-23/h7-13,18,24H,5-6,14-17H2,1-4H3,(H,28,30)/b22-7-. The van der Waals surface area contributed by atoms with E-state index in [1.54, 1.807) is 4.90 Å². The second kappa shape index (κ2) is 10.4. The van der Waals surface area contributed by atoms with Gasteiger partial charge in [0, 0.05) is 18.8 Å². The number of carbonyl (C=O) groups is 2. The molecular formula is C27H34N2O2. The van der Waals surface area contributed by atoms with Crippen molar-refractivity contribution in [2.45, 2.75) is 53.4 Å². The molecule has 164 valence electrons. The first-order valence-electron chi connectivity index (χ1n) is 11.4. The highest BCUT2D eigenvalue weighted by Crippen LogP contribution is 2.27. The number of nitrogens with one attached hydrogen (secondary N) is 1. The Balaban J connectivity index is 1.59. The van der Waals surface area contributed by atoms with Crippen molar-refractivity contribution in [1.29, 1.82) is 0 Å². The van der Waals surface area contributed by atoms with Crippen molar-refractivity contribution in [3.05, 3.63) is 70.8 Å². The van der Waals surface area contributed by atoms with Gasteiger partial charge in [-0.1, -0.05) is 55.8 Å². The highest BCUT2D eigenvalue weighted by molar-refractivity contribution is 6.09. The number of carbonyl (C=O) groups excluding carboxylic acids is 2. The number of allylic oxidation sites excluding steroid dienone is 1. The molecule has 1 aliphatic rings. The molecule has 0 saturated carbocycles. The topological polar surface area (TPSA) is 49.4 Å². The molecule has 3 rings (SSSR count). The quantitative estimate of drug-likeness (QED) is 0.598. The minimum absolute atomic E-state index is 0.0967. The molecule has 0 aliphatic carbocycles. The third-order valence-corrected chi connectivity index (χ3v) is 6.06. The van der Waals surface area contributed by atoms with Crippen molar-refractivity contribution in [2.24, 2.45) is 5.92 Å². The Morgan fingerprint density at radius 2 is 1.87 bits per heavy atom. The van der Waals surface area contributed by atoms with Gasteiger partial charge in [-0.2, -0.15) is 0 Å². The molecule has 0 radical (unpaired) electrons. The molecule has 1 N–H and O–H groups in total. The zero-order chi connectivity index (χ0) is 22.4. The SMILES string of the molecule is CC/C=C(/CCNC(=O)C1CCN(c2ccc(CC)cc2)C1=O)c1cc(C)ccc1C. The summed E-state index contributed by atoms with van der Waals surface area (Å²) in [6, 6.07) is 14.5. The maximum Gasteiger partial charge on any atom is 0.239 e. The number of nitrogens with zero attached hydrogens (tertiary/aromatic N) is 1. The van der Waals surface area contributed by atoms with E-state index in [9.17, 15) is 9.59 Å². The highest BCUT2D eigenvalue weighted by atomic mass is 16.2. The summed E-state index contributed by atoms with van der Waals surface area (Å²) < 4.78 is 0. The van der Waals surface area contributed by atoms with E-state index in [0.29, 0.717) is 19.5 Å². The average Bonchev–Trinajstić information content (AvgIpc) is 3.16. The molecule has 0 aromatic heterocycles. The number of hydrogen-bond donors (Lipinski definition) is 1. The van der Waals surface area contributed by atoms with Crippen LogP contribution in [0.3, 0.4) is 0 Å². The van der Waals surface area contributed by atoms with Gasteiger partial charge in [-0.25, -0.2) is 0 Å². The Labute approximate surface area is 186 Å². The first-order valence-corrected chi connectivity index (χ1v) is 11.4. The molecule has 2 aromatic rings. The van der Waals surface area contributed by atoms with Crippen LogP contribution in [-0.4, -0.2) is 24.9 Å². The number of benzene rings is 2. The van der Waals surface area contributed by atoms with Crippen molar-refractivity contribution in [1.82, 2.24) is 5.32 Å². The molecule has 0 bridgehead atoms. The molecule has 1 heterocycles. The van der Waals surface area contributed by atoms with Gasteiger partial charge in [-0.15, -0.1) is 0 Å². The van der Waals surface area contributed by atoms with Gasteiger partial charge in [-0.05, 0) is 73.9 Å². The van der Waals surface area contributed by atoms with Crippen LogP contribution in [0.25, 0.3) is 5.57 Å². The monoisotopic (exact) mass is 418 g/mol. The lowest BCUT2D eigenvalue weighted by molar-refractivity contribution is -0.132. The molecule has 2 amide bonds. The molecule has 1 saturated heterocycles. The van der Waals surface area contributed by atoms with Crippen LogP contribution in [0.15, 0.2) is 48.5 Å². The number of anilines is 1. The zero-order valence-electron chi connectivity index (χ0n) is 19.2. The van der Waals surface area contributed by atoms with E-state index in [2.05, 4.69) is 57.3 Å². The molecule has 1 fully saturated rings. The van der Waals surface area contributed by atoms with Crippen LogP contribution in [0.1, 0.15) is 55.4 Å². The number of rotatable bonds is 8. The van der Waals surface area contributed by atoms with Gasteiger partial charge < -0.3 is 10.2 Å². The molecule has 1 aliphatic heterocycles. The first kappa shape index (κ1) is 22.8. The molecule has 1 atom stereocenters. The fraction of sp³-hybridized carbons (Fsp3) is 0.407. The summed E-state index contributed by atoms with van der Waals surface area (Å²) in [5.74, 6) is -0.847. The average molecular weight is 419 g/mol. The second-order valence-corrected chi connectivity index (χ2v) is 8.35. The summed E-state index contributed by atoms with van der Waals surface area (Å²) in [4.78, 5) is 27.3. The lowest BCUT2D eigenvalue weighted by Crippen LogP contribution is -2.37. The number of amides is 2. The highest BCUT2D eigenvalue weighted by Gasteiger charge is 2.37. The summed E-state index contributed by atoms with van der Waals surface area (Å²) in [6.07, 6.45) is 5.47. The lowest BCUT2D eigenvalue weighted by atomic mass is 9.95. The van der Waals surface area contributed by atoms with Crippen molar-refractivity contribution in [2.75, 3.05) is 18.0 Å². The van der Waals surface area contributed by atoms with E-state index in [1.165, 1.54) is 27.8 Å². The third kappa shape index (κ3) is 5.43. The number of hydrogen-bond acceptors (Lipinski definition) is 2. The summed E-state index contributed by atoms with van der Waals surface area (Å²) in [6.45, 7) is 9.58. The van der Waals surface area contributed by atoms with Gasteiger partial charge in [0.1, 0.15) is 5.92 Å². The van der Waals surface area contributed by atoms with Crippen molar-refractivity contribution in [3.8, 4) is 0 Å². The summed E-state index contributed by atoms with van der Waals surface area (Å²) >= 11 is 0. The van der Waals surface area contributed by atoms with Gasteiger partial charge in [0.05, 0.1) is 0 Å². The van der Waals surface area contributed by atoms with Gasteiger partial charge in [0.25, 0.3) is 0 Å². The summed E-state index contributed by atoms with van der Waals surface area (Å²) in [5.41, 5.74) is 7.08. The smallest absolute Gasteiger partial charge is 0.239 e. The normalized spacial score (nSPS) is 16.6. The summed E-state index contributed by atoms with van der Waals surface area (Å²) in [5, 5.41) is 3.01. The van der Waals surface area contributed by atoms with E-state index in [0.717, 1.165) is 24.9 Å². The van der Waals surface area contributed by atoms with E-state index < -0.39 is 5.92 Å². The lowest BCUT2D eigenvalue weighted by Gasteiger charge is -2.17. The van der Waals surface area contributed by atoms with Crippen molar-refractivity contribution >= 4 is 23.1 Å². The van der Waals surface area contributed by atoms with E-state index in [1.807, 2.05) is 24.3 Å². The largest absolute Gasteiger partial charge is 0.355 e. The zero-order valence-corrected chi connectivity index (χ0v) is 19.2. The Hall–Kier alpha value is -2.88. The Bertz CT molecular complexity index is 960. The minimum Gasteiger partial charge on any atom is -0.355 e. The van der Waals surface area contributed by atoms with Crippen LogP contribution in [0.2, 0.25) is 0 Å². The maximum atomic E-state index is 12.9. The van der Waals surface area contributed by atoms with Gasteiger partial charge in [0.15, 0.2) is 0 Å². The fourth-order valence-electron chi connectivity index (χ4n) is 4.21. The van der Waals surface area contributed by atoms with E-state index in [4.69, 9.17) is 0 Å². The van der Waals surface area contributed by atoms with Crippen LogP contribution >= 0.6 is 0 Å². The molecule has 0 spiro atoms. The van der Waals surface area contributed by atoms with Crippen LogP contribution in [0, 0.1) is 19.8 Å². The van der Waals surface area contributed by atoms with Crippen LogP contribution in [-0.2, 0) is 16.0 Å². The van der Waals surface area contributed by atoms with Crippen molar-refractivity contribution in [3.63, 3.8) is 0 Å². The molecule has 1 unspecified atom stereocenters. The van der Waals surface area contributed by atoms with E-state index in [-0.39, 0.29) is 11.8 Å².